The second-order valence-electron chi connectivity index (χ2n) is 4.28. The Labute approximate surface area is 89.7 Å². The first-order valence-corrected chi connectivity index (χ1v) is 6.76. The Balaban J connectivity index is 2.49. The molecule has 1 N–H and O–H groups in total. The minimum absolute atomic E-state index is 0.343. The van der Waals surface area contributed by atoms with E-state index in [9.17, 15) is 13.5 Å². The van der Waals surface area contributed by atoms with Crippen LogP contribution in [0.4, 0.5) is 0 Å². The highest BCUT2D eigenvalue weighted by molar-refractivity contribution is 7.90. The molecule has 1 aliphatic rings. The molecule has 82 valence electrons. The number of hydrogen-bond donors (Lipinski definition) is 1. The summed E-state index contributed by atoms with van der Waals surface area (Å²) in [7, 11) is -3.16. The lowest BCUT2D eigenvalue weighted by atomic mass is 10.1. The average molecular weight is 226 g/mol. The van der Waals surface area contributed by atoms with Crippen molar-refractivity contribution in [3.63, 3.8) is 0 Å². The minimum atomic E-state index is -3.16. The van der Waals surface area contributed by atoms with E-state index < -0.39 is 15.4 Å². The maximum Gasteiger partial charge on any atom is 0.175 e. The summed E-state index contributed by atoms with van der Waals surface area (Å²) in [5.74, 6) is 0. The van der Waals surface area contributed by atoms with Crippen LogP contribution < -0.4 is 0 Å². The van der Waals surface area contributed by atoms with Crippen LogP contribution in [0.5, 0.6) is 0 Å². The zero-order chi connectivity index (χ0) is 11.3. The number of benzene rings is 1. The fourth-order valence-electron chi connectivity index (χ4n) is 1.76. The van der Waals surface area contributed by atoms with Gasteiger partial charge in [0.15, 0.2) is 9.84 Å². The van der Waals surface area contributed by atoms with Gasteiger partial charge < -0.3 is 5.11 Å². The van der Waals surface area contributed by atoms with Crippen molar-refractivity contribution in [2.24, 2.45) is 0 Å². The van der Waals surface area contributed by atoms with Gasteiger partial charge in [0.25, 0.3) is 0 Å². The van der Waals surface area contributed by atoms with Crippen molar-refractivity contribution in [1.29, 1.82) is 0 Å². The molecule has 0 aromatic heterocycles. The van der Waals surface area contributed by atoms with Crippen molar-refractivity contribution in [2.75, 3.05) is 6.26 Å². The van der Waals surface area contributed by atoms with Crippen molar-refractivity contribution in [2.45, 2.75) is 30.3 Å². The van der Waals surface area contributed by atoms with E-state index in [0.717, 1.165) is 18.4 Å². The summed E-state index contributed by atoms with van der Waals surface area (Å²) in [6.45, 7) is 1.76. The molecule has 0 spiro atoms. The number of rotatable bonds is 2. The Morgan fingerprint density at radius 3 is 2.33 bits per heavy atom. The zero-order valence-corrected chi connectivity index (χ0v) is 9.63. The maximum absolute atomic E-state index is 11.4. The van der Waals surface area contributed by atoms with Crippen LogP contribution in [-0.4, -0.2) is 19.8 Å². The smallest absolute Gasteiger partial charge is 0.175 e. The molecule has 0 bridgehead atoms. The zero-order valence-electron chi connectivity index (χ0n) is 8.82. The molecule has 2 rings (SSSR count). The van der Waals surface area contributed by atoms with Crippen LogP contribution >= 0.6 is 0 Å². The number of sulfone groups is 1. The predicted molar refractivity (Wildman–Crippen MR) is 57.4 cm³/mol. The van der Waals surface area contributed by atoms with Gasteiger partial charge in [-0.1, -0.05) is 12.1 Å². The molecule has 0 saturated heterocycles. The highest BCUT2D eigenvalue weighted by atomic mass is 32.2. The lowest BCUT2D eigenvalue weighted by Gasteiger charge is -2.11. The predicted octanol–water partition coefficient (Wildman–Crippen LogP) is 1.38. The molecule has 0 amide bonds. The van der Waals surface area contributed by atoms with E-state index in [0.29, 0.717) is 10.5 Å². The molecule has 1 aromatic carbocycles. The van der Waals surface area contributed by atoms with Gasteiger partial charge in [0, 0.05) is 6.26 Å². The fourth-order valence-corrected chi connectivity index (χ4v) is 2.72. The van der Waals surface area contributed by atoms with Crippen LogP contribution in [0.3, 0.4) is 0 Å². The SMILES string of the molecule is Cc1cc(C2(O)CC2)ccc1S(C)(=O)=O. The fraction of sp³-hybridized carbons (Fsp3) is 0.455. The number of aliphatic hydroxyl groups is 1. The summed E-state index contributed by atoms with van der Waals surface area (Å²) < 4.78 is 22.7. The van der Waals surface area contributed by atoms with Crippen molar-refractivity contribution < 1.29 is 13.5 Å². The standard InChI is InChI=1S/C11H14O3S/c1-8-7-9(11(12)5-6-11)3-4-10(8)15(2,13)14/h3-4,7,12H,5-6H2,1-2H3. The molecule has 0 atom stereocenters. The van der Waals surface area contributed by atoms with Gasteiger partial charge in [0.2, 0.25) is 0 Å². The first kappa shape index (κ1) is 10.6. The van der Waals surface area contributed by atoms with Gasteiger partial charge in [-0.25, -0.2) is 8.42 Å². The van der Waals surface area contributed by atoms with E-state index >= 15 is 0 Å². The van der Waals surface area contributed by atoms with Gasteiger partial charge in [0.05, 0.1) is 10.5 Å². The molecule has 1 saturated carbocycles. The molecule has 0 heterocycles. The molecule has 1 aliphatic carbocycles. The molecule has 0 aliphatic heterocycles. The quantitative estimate of drug-likeness (QED) is 0.829. The van der Waals surface area contributed by atoms with Crippen LogP contribution in [-0.2, 0) is 15.4 Å². The van der Waals surface area contributed by atoms with E-state index in [2.05, 4.69) is 0 Å². The first-order chi connectivity index (χ1) is 6.83. The highest BCUT2D eigenvalue weighted by Crippen LogP contribution is 2.45. The molecule has 0 unspecified atom stereocenters. The van der Waals surface area contributed by atoms with Crippen molar-refractivity contribution in [3.8, 4) is 0 Å². The highest BCUT2D eigenvalue weighted by Gasteiger charge is 2.42. The molecule has 1 fully saturated rings. The summed E-state index contributed by atoms with van der Waals surface area (Å²) >= 11 is 0. The van der Waals surface area contributed by atoms with E-state index in [1.54, 1.807) is 25.1 Å². The van der Waals surface area contributed by atoms with Gasteiger partial charge in [-0.2, -0.15) is 0 Å². The molecular weight excluding hydrogens is 212 g/mol. The van der Waals surface area contributed by atoms with Gasteiger partial charge in [-0.15, -0.1) is 0 Å². The average Bonchev–Trinajstić information content (AvgIpc) is 2.82. The van der Waals surface area contributed by atoms with Crippen LogP contribution in [0, 0.1) is 6.92 Å². The Bertz CT molecular complexity index is 499. The third-order valence-corrected chi connectivity index (χ3v) is 4.09. The van der Waals surface area contributed by atoms with Gasteiger partial charge in [0.1, 0.15) is 0 Å². The van der Waals surface area contributed by atoms with E-state index in [1.165, 1.54) is 6.26 Å². The Morgan fingerprint density at radius 2 is 1.93 bits per heavy atom. The summed E-state index contributed by atoms with van der Waals surface area (Å²) in [6, 6.07) is 5.05. The monoisotopic (exact) mass is 226 g/mol. The largest absolute Gasteiger partial charge is 0.385 e. The molecule has 1 aromatic rings. The van der Waals surface area contributed by atoms with Gasteiger partial charge in [-0.3, -0.25) is 0 Å². The Morgan fingerprint density at radius 1 is 1.33 bits per heavy atom. The van der Waals surface area contributed by atoms with Crippen LogP contribution in [0.25, 0.3) is 0 Å². The van der Waals surface area contributed by atoms with Crippen molar-refractivity contribution >= 4 is 9.84 Å². The van der Waals surface area contributed by atoms with E-state index in [1.807, 2.05) is 0 Å². The van der Waals surface area contributed by atoms with Gasteiger partial charge in [-0.05, 0) is 37.0 Å². The lowest BCUT2D eigenvalue weighted by molar-refractivity contribution is 0.151. The Kier molecular flexibility index (Phi) is 2.17. The molecule has 3 nitrogen and oxygen atoms in total. The van der Waals surface area contributed by atoms with Crippen molar-refractivity contribution in [3.05, 3.63) is 29.3 Å². The van der Waals surface area contributed by atoms with E-state index in [4.69, 9.17) is 0 Å². The number of aryl methyl sites for hydroxylation is 1. The topological polar surface area (TPSA) is 54.4 Å². The summed E-state index contributed by atoms with van der Waals surface area (Å²) in [5.41, 5.74) is 0.837. The maximum atomic E-state index is 11.4. The normalized spacial score (nSPS) is 18.9. The van der Waals surface area contributed by atoms with Gasteiger partial charge >= 0.3 is 0 Å². The summed E-state index contributed by atoms with van der Waals surface area (Å²) in [6.07, 6.45) is 2.73. The van der Waals surface area contributed by atoms with E-state index in [-0.39, 0.29) is 0 Å². The van der Waals surface area contributed by atoms with Crippen LogP contribution in [0.15, 0.2) is 23.1 Å². The second-order valence-corrected chi connectivity index (χ2v) is 6.27. The van der Waals surface area contributed by atoms with Crippen LogP contribution in [0.1, 0.15) is 24.0 Å². The first-order valence-electron chi connectivity index (χ1n) is 4.86. The second kappa shape index (κ2) is 3.06. The van der Waals surface area contributed by atoms with Crippen LogP contribution in [0.2, 0.25) is 0 Å². The number of hydrogen-bond acceptors (Lipinski definition) is 3. The molecule has 0 radical (unpaired) electrons. The third kappa shape index (κ3) is 1.92. The molecular formula is C11H14O3S. The minimum Gasteiger partial charge on any atom is -0.385 e. The third-order valence-electron chi connectivity index (χ3n) is 2.84. The van der Waals surface area contributed by atoms with Crippen molar-refractivity contribution in [1.82, 2.24) is 0 Å². The Hall–Kier alpha value is -0.870. The summed E-state index contributed by atoms with van der Waals surface area (Å²) in [5, 5.41) is 9.87. The molecule has 15 heavy (non-hydrogen) atoms. The summed E-state index contributed by atoms with van der Waals surface area (Å²) in [4.78, 5) is 0.343. The lowest BCUT2D eigenvalue weighted by Crippen LogP contribution is -2.07. The molecule has 4 heteroatoms.